The van der Waals surface area contributed by atoms with Gasteiger partial charge in [-0.05, 0) is 55.6 Å². The van der Waals surface area contributed by atoms with Gasteiger partial charge in [0.2, 0.25) is 0 Å². The van der Waals surface area contributed by atoms with E-state index in [0.717, 1.165) is 31.4 Å². The lowest BCUT2D eigenvalue weighted by molar-refractivity contribution is 0.534. The summed E-state index contributed by atoms with van der Waals surface area (Å²) in [6.07, 6.45) is 2.91. The molecule has 0 fully saturated rings. The van der Waals surface area contributed by atoms with Crippen molar-refractivity contribution in [2.45, 2.75) is 39.2 Å². The molecule has 21 heavy (non-hydrogen) atoms. The average molecular weight is 326 g/mol. The van der Waals surface area contributed by atoms with E-state index in [9.17, 15) is 4.39 Å². The van der Waals surface area contributed by atoms with Gasteiger partial charge in [0.1, 0.15) is 5.82 Å². The molecule has 2 rings (SSSR count). The first-order valence-corrected chi connectivity index (χ1v) is 8.59. The van der Waals surface area contributed by atoms with Crippen molar-refractivity contribution in [2.75, 3.05) is 6.54 Å². The molecule has 2 aromatic rings. The van der Waals surface area contributed by atoms with Gasteiger partial charge in [0.25, 0.3) is 0 Å². The summed E-state index contributed by atoms with van der Waals surface area (Å²) in [7, 11) is 0. The molecule has 0 aliphatic rings. The Morgan fingerprint density at radius 2 is 2.05 bits per heavy atom. The number of aryl methyl sites for hydroxylation is 1. The van der Waals surface area contributed by atoms with E-state index in [1.165, 1.54) is 15.8 Å². The van der Waals surface area contributed by atoms with Crippen molar-refractivity contribution in [3.8, 4) is 0 Å². The molecule has 0 saturated heterocycles. The molecule has 0 aliphatic carbocycles. The van der Waals surface area contributed by atoms with Crippen molar-refractivity contribution < 1.29 is 4.39 Å². The normalized spacial score (nSPS) is 12.6. The average Bonchev–Trinajstić information content (AvgIpc) is 2.96. The van der Waals surface area contributed by atoms with Gasteiger partial charge < -0.3 is 5.32 Å². The SMILES string of the molecule is CCCNC(Cc1ccc(Cl)c(F)c1)c1ccc(CC)s1. The first-order valence-electron chi connectivity index (χ1n) is 7.40. The lowest BCUT2D eigenvalue weighted by Gasteiger charge is -2.17. The Balaban J connectivity index is 2.17. The van der Waals surface area contributed by atoms with Crippen molar-refractivity contribution in [2.24, 2.45) is 0 Å². The molecular weight excluding hydrogens is 305 g/mol. The summed E-state index contributed by atoms with van der Waals surface area (Å²) < 4.78 is 13.6. The molecule has 0 amide bonds. The Morgan fingerprint density at radius 1 is 1.24 bits per heavy atom. The van der Waals surface area contributed by atoms with Gasteiger partial charge in [0, 0.05) is 15.8 Å². The fourth-order valence-corrected chi connectivity index (χ4v) is 3.41. The molecule has 0 radical (unpaired) electrons. The van der Waals surface area contributed by atoms with Crippen molar-refractivity contribution in [1.29, 1.82) is 0 Å². The molecule has 0 aliphatic heterocycles. The predicted octanol–water partition coefficient (Wildman–Crippen LogP) is 5.39. The molecule has 0 saturated carbocycles. The Morgan fingerprint density at radius 3 is 2.67 bits per heavy atom. The molecule has 0 bridgehead atoms. The van der Waals surface area contributed by atoms with E-state index < -0.39 is 0 Å². The minimum absolute atomic E-state index is 0.182. The van der Waals surface area contributed by atoms with Crippen molar-refractivity contribution >= 4 is 22.9 Å². The van der Waals surface area contributed by atoms with Gasteiger partial charge in [0.05, 0.1) is 5.02 Å². The third-order valence-electron chi connectivity index (χ3n) is 3.44. The topological polar surface area (TPSA) is 12.0 Å². The standard InChI is InChI=1S/C17H21ClFNS/c1-3-9-20-16(17-8-6-13(4-2)21-17)11-12-5-7-14(18)15(19)10-12/h5-8,10,16,20H,3-4,9,11H2,1-2H3. The molecule has 1 aromatic heterocycles. The van der Waals surface area contributed by atoms with Gasteiger partial charge >= 0.3 is 0 Å². The van der Waals surface area contributed by atoms with E-state index in [4.69, 9.17) is 11.6 Å². The Kier molecular flexibility index (Phi) is 6.22. The van der Waals surface area contributed by atoms with Gasteiger partial charge in [-0.25, -0.2) is 4.39 Å². The maximum Gasteiger partial charge on any atom is 0.142 e. The zero-order valence-corrected chi connectivity index (χ0v) is 14.0. The maximum absolute atomic E-state index is 13.6. The second kappa shape index (κ2) is 7.92. The third-order valence-corrected chi connectivity index (χ3v) is 5.09. The molecule has 1 aromatic carbocycles. The molecule has 1 nitrogen and oxygen atoms in total. The van der Waals surface area contributed by atoms with Crippen LogP contribution in [-0.4, -0.2) is 6.54 Å². The quantitative estimate of drug-likeness (QED) is 0.720. The minimum atomic E-state index is -0.344. The lowest BCUT2D eigenvalue weighted by Crippen LogP contribution is -2.23. The van der Waals surface area contributed by atoms with Crippen LogP contribution in [0.25, 0.3) is 0 Å². The summed E-state index contributed by atoms with van der Waals surface area (Å²) in [5.74, 6) is -0.344. The number of hydrogen-bond acceptors (Lipinski definition) is 2. The van der Waals surface area contributed by atoms with Crippen LogP contribution in [0.15, 0.2) is 30.3 Å². The van der Waals surface area contributed by atoms with E-state index in [0.29, 0.717) is 0 Å². The molecule has 114 valence electrons. The minimum Gasteiger partial charge on any atom is -0.309 e. The Hall–Kier alpha value is -0.900. The molecule has 0 spiro atoms. The monoisotopic (exact) mass is 325 g/mol. The van der Waals surface area contributed by atoms with Crippen LogP contribution in [0.2, 0.25) is 5.02 Å². The number of thiophene rings is 1. The van der Waals surface area contributed by atoms with Crippen LogP contribution in [0.1, 0.15) is 41.6 Å². The fraction of sp³-hybridized carbons (Fsp3) is 0.412. The predicted molar refractivity (Wildman–Crippen MR) is 89.8 cm³/mol. The molecule has 1 N–H and O–H groups in total. The van der Waals surface area contributed by atoms with E-state index in [1.807, 2.05) is 17.4 Å². The highest BCUT2D eigenvalue weighted by Crippen LogP contribution is 2.27. The van der Waals surface area contributed by atoms with Crippen LogP contribution in [0.4, 0.5) is 4.39 Å². The van der Waals surface area contributed by atoms with E-state index >= 15 is 0 Å². The fourth-order valence-electron chi connectivity index (χ4n) is 2.27. The van der Waals surface area contributed by atoms with Crippen molar-refractivity contribution in [1.82, 2.24) is 5.32 Å². The number of hydrogen-bond donors (Lipinski definition) is 1. The molecular formula is C17H21ClFNS. The number of nitrogens with one attached hydrogen (secondary N) is 1. The van der Waals surface area contributed by atoms with Crippen LogP contribution < -0.4 is 5.32 Å². The van der Waals surface area contributed by atoms with E-state index in [2.05, 4.69) is 31.3 Å². The highest BCUT2D eigenvalue weighted by Gasteiger charge is 2.14. The highest BCUT2D eigenvalue weighted by molar-refractivity contribution is 7.12. The lowest BCUT2D eigenvalue weighted by atomic mass is 10.0. The third kappa shape index (κ3) is 4.53. The van der Waals surface area contributed by atoms with Crippen LogP contribution in [-0.2, 0) is 12.8 Å². The van der Waals surface area contributed by atoms with Gasteiger partial charge in [-0.3, -0.25) is 0 Å². The summed E-state index contributed by atoms with van der Waals surface area (Å²) in [5.41, 5.74) is 0.969. The number of halogens is 2. The summed E-state index contributed by atoms with van der Waals surface area (Å²) in [4.78, 5) is 2.70. The Bertz CT molecular complexity index is 582. The van der Waals surface area contributed by atoms with E-state index in [1.54, 1.807) is 6.07 Å². The summed E-state index contributed by atoms with van der Waals surface area (Å²) in [5, 5.41) is 3.74. The first-order chi connectivity index (χ1) is 10.1. The molecule has 4 heteroatoms. The van der Waals surface area contributed by atoms with Crippen molar-refractivity contribution in [3.05, 3.63) is 56.5 Å². The van der Waals surface area contributed by atoms with Crippen molar-refractivity contribution in [3.63, 3.8) is 0 Å². The summed E-state index contributed by atoms with van der Waals surface area (Å²) in [6, 6.07) is 9.68. The second-order valence-electron chi connectivity index (χ2n) is 5.12. The van der Waals surface area contributed by atoms with Crippen LogP contribution >= 0.6 is 22.9 Å². The first kappa shape index (κ1) is 16.5. The van der Waals surface area contributed by atoms with Gasteiger partial charge in [0.15, 0.2) is 0 Å². The molecule has 1 atom stereocenters. The number of rotatable bonds is 7. The Labute approximate surface area is 135 Å². The highest BCUT2D eigenvalue weighted by atomic mass is 35.5. The zero-order chi connectivity index (χ0) is 15.2. The van der Waals surface area contributed by atoms with Gasteiger partial charge in [-0.15, -0.1) is 11.3 Å². The van der Waals surface area contributed by atoms with Crippen LogP contribution in [0.5, 0.6) is 0 Å². The molecule has 1 unspecified atom stereocenters. The van der Waals surface area contributed by atoms with Crippen LogP contribution in [0, 0.1) is 5.82 Å². The van der Waals surface area contributed by atoms with Gasteiger partial charge in [-0.1, -0.05) is 31.5 Å². The zero-order valence-electron chi connectivity index (χ0n) is 12.5. The summed E-state index contributed by atoms with van der Waals surface area (Å²) >= 11 is 7.59. The second-order valence-corrected chi connectivity index (χ2v) is 6.72. The van der Waals surface area contributed by atoms with Gasteiger partial charge in [-0.2, -0.15) is 0 Å². The maximum atomic E-state index is 13.6. The summed E-state index contributed by atoms with van der Waals surface area (Å²) in [6.45, 7) is 5.27. The smallest absolute Gasteiger partial charge is 0.142 e. The van der Waals surface area contributed by atoms with Crippen LogP contribution in [0.3, 0.4) is 0 Å². The molecule has 1 heterocycles. The number of benzene rings is 1. The van der Waals surface area contributed by atoms with E-state index in [-0.39, 0.29) is 16.9 Å². The largest absolute Gasteiger partial charge is 0.309 e.